The summed E-state index contributed by atoms with van der Waals surface area (Å²) in [6.45, 7) is 6.85. The Labute approximate surface area is 112 Å². The van der Waals surface area contributed by atoms with Gasteiger partial charge in [0.15, 0.2) is 0 Å². The molecule has 4 heteroatoms. The summed E-state index contributed by atoms with van der Waals surface area (Å²) in [5, 5.41) is 0. The van der Waals surface area contributed by atoms with Crippen LogP contribution in [0, 0.1) is 0 Å². The molecular formula is C13H20BrN3. The van der Waals surface area contributed by atoms with Crippen LogP contribution in [0.5, 0.6) is 0 Å². The molecule has 0 amide bonds. The molecule has 94 valence electrons. The van der Waals surface area contributed by atoms with Crippen LogP contribution in [0.3, 0.4) is 0 Å². The van der Waals surface area contributed by atoms with E-state index >= 15 is 0 Å². The molecule has 1 unspecified atom stereocenters. The zero-order chi connectivity index (χ0) is 12.3. The van der Waals surface area contributed by atoms with Gasteiger partial charge in [-0.1, -0.05) is 0 Å². The molecule has 2 heterocycles. The van der Waals surface area contributed by atoms with Crippen LogP contribution in [0.4, 0.5) is 0 Å². The lowest BCUT2D eigenvalue weighted by Gasteiger charge is -2.27. The van der Waals surface area contributed by atoms with Crippen molar-refractivity contribution in [3.8, 4) is 0 Å². The molecule has 1 fully saturated rings. The van der Waals surface area contributed by atoms with Crippen molar-refractivity contribution < 1.29 is 0 Å². The summed E-state index contributed by atoms with van der Waals surface area (Å²) in [6, 6.07) is 2.77. The van der Waals surface area contributed by atoms with Crippen LogP contribution < -0.4 is 0 Å². The maximum atomic E-state index is 4.23. The van der Waals surface area contributed by atoms with E-state index in [-0.39, 0.29) is 0 Å². The lowest BCUT2D eigenvalue weighted by Crippen LogP contribution is -2.37. The number of pyridine rings is 1. The molecular weight excluding hydrogens is 278 g/mol. The molecule has 1 aliphatic heterocycles. The number of hydrogen-bond acceptors (Lipinski definition) is 3. The van der Waals surface area contributed by atoms with E-state index in [1.807, 2.05) is 12.4 Å². The maximum Gasteiger partial charge on any atom is 0.0410 e. The van der Waals surface area contributed by atoms with Gasteiger partial charge in [0, 0.05) is 42.5 Å². The highest BCUT2D eigenvalue weighted by molar-refractivity contribution is 9.10. The number of hydrogen-bond donors (Lipinski definition) is 0. The van der Waals surface area contributed by atoms with Gasteiger partial charge in [-0.05, 0) is 54.5 Å². The number of rotatable bonds is 2. The average molecular weight is 298 g/mol. The van der Waals surface area contributed by atoms with E-state index in [1.165, 1.54) is 25.1 Å². The Bertz CT molecular complexity index is 369. The third kappa shape index (κ3) is 3.76. The van der Waals surface area contributed by atoms with Crippen molar-refractivity contribution in [2.24, 2.45) is 0 Å². The van der Waals surface area contributed by atoms with Gasteiger partial charge in [0.2, 0.25) is 0 Å². The van der Waals surface area contributed by atoms with Gasteiger partial charge >= 0.3 is 0 Å². The van der Waals surface area contributed by atoms with E-state index < -0.39 is 0 Å². The zero-order valence-corrected chi connectivity index (χ0v) is 12.2. The summed E-state index contributed by atoms with van der Waals surface area (Å²) >= 11 is 3.48. The van der Waals surface area contributed by atoms with Gasteiger partial charge in [0.25, 0.3) is 0 Å². The van der Waals surface area contributed by atoms with Gasteiger partial charge in [-0.3, -0.25) is 9.88 Å². The van der Waals surface area contributed by atoms with Crippen LogP contribution in [0.2, 0.25) is 0 Å². The Morgan fingerprint density at radius 2 is 2.24 bits per heavy atom. The molecule has 17 heavy (non-hydrogen) atoms. The standard InChI is InChI=1S/C13H20BrN3/c1-11-9-16(2)4-3-5-17(11)10-12-6-13(14)8-15-7-12/h6-8,11H,3-5,9-10H2,1-2H3. The van der Waals surface area contributed by atoms with Crippen LogP contribution in [0.25, 0.3) is 0 Å². The van der Waals surface area contributed by atoms with Crippen molar-refractivity contribution in [3.63, 3.8) is 0 Å². The molecule has 3 nitrogen and oxygen atoms in total. The Balaban J connectivity index is 2.02. The summed E-state index contributed by atoms with van der Waals surface area (Å²) in [4.78, 5) is 9.20. The molecule has 0 saturated carbocycles. The molecule has 0 radical (unpaired) electrons. The third-order valence-corrected chi connectivity index (χ3v) is 3.77. The summed E-state index contributed by atoms with van der Waals surface area (Å²) in [5.41, 5.74) is 1.29. The van der Waals surface area contributed by atoms with Crippen molar-refractivity contribution in [1.82, 2.24) is 14.8 Å². The molecule has 0 spiro atoms. The van der Waals surface area contributed by atoms with Crippen molar-refractivity contribution in [1.29, 1.82) is 0 Å². The second-order valence-corrected chi connectivity index (χ2v) is 5.86. The quantitative estimate of drug-likeness (QED) is 0.835. The number of halogens is 1. The summed E-state index contributed by atoms with van der Waals surface area (Å²) < 4.78 is 1.06. The van der Waals surface area contributed by atoms with Crippen molar-refractivity contribution >= 4 is 15.9 Å². The normalized spacial score (nSPS) is 23.6. The molecule has 0 N–H and O–H groups in total. The minimum absolute atomic E-state index is 0.612. The second kappa shape index (κ2) is 5.94. The van der Waals surface area contributed by atoms with Crippen LogP contribution in [-0.4, -0.2) is 47.5 Å². The number of likely N-dealkylation sites (N-methyl/N-ethyl adjacent to an activating group) is 1. The molecule has 0 aromatic carbocycles. The first-order valence-corrected chi connectivity index (χ1v) is 6.96. The van der Waals surface area contributed by atoms with Gasteiger partial charge in [-0.25, -0.2) is 0 Å². The highest BCUT2D eigenvalue weighted by Gasteiger charge is 2.19. The fourth-order valence-corrected chi connectivity index (χ4v) is 2.85. The molecule has 0 bridgehead atoms. The first kappa shape index (κ1) is 13.0. The highest BCUT2D eigenvalue weighted by atomic mass is 79.9. The van der Waals surface area contributed by atoms with Gasteiger partial charge in [0.05, 0.1) is 0 Å². The van der Waals surface area contributed by atoms with Crippen molar-refractivity contribution in [2.45, 2.75) is 25.9 Å². The van der Waals surface area contributed by atoms with E-state index in [1.54, 1.807) is 0 Å². The van der Waals surface area contributed by atoms with Gasteiger partial charge in [-0.2, -0.15) is 0 Å². The van der Waals surface area contributed by atoms with Gasteiger partial charge in [0.1, 0.15) is 0 Å². The first-order chi connectivity index (χ1) is 8.15. The van der Waals surface area contributed by atoms with Crippen LogP contribution in [-0.2, 0) is 6.54 Å². The fourth-order valence-electron chi connectivity index (χ4n) is 2.43. The van der Waals surface area contributed by atoms with Crippen LogP contribution in [0.15, 0.2) is 22.9 Å². The summed E-state index contributed by atoms with van der Waals surface area (Å²) in [6.07, 6.45) is 5.05. The smallest absolute Gasteiger partial charge is 0.0410 e. The molecule has 1 aromatic rings. The molecule has 1 saturated heterocycles. The first-order valence-electron chi connectivity index (χ1n) is 6.17. The van der Waals surface area contributed by atoms with Gasteiger partial charge < -0.3 is 4.90 Å². The average Bonchev–Trinajstić information content (AvgIpc) is 2.41. The molecule has 0 aliphatic carbocycles. The SMILES string of the molecule is CC1CN(C)CCCN1Cc1cncc(Br)c1. The monoisotopic (exact) mass is 297 g/mol. The van der Waals surface area contributed by atoms with Crippen LogP contribution in [0.1, 0.15) is 18.9 Å². The van der Waals surface area contributed by atoms with E-state index in [2.05, 4.69) is 50.8 Å². The maximum absolute atomic E-state index is 4.23. The number of aromatic nitrogens is 1. The molecule has 1 aliphatic rings. The fraction of sp³-hybridized carbons (Fsp3) is 0.615. The number of nitrogens with zero attached hydrogens (tertiary/aromatic N) is 3. The minimum Gasteiger partial charge on any atom is -0.305 e. The highest BCUT2D eigenvalue weighted by Crippen LogP contribution is 2.15. The van der Waals surface area contributed by atoms with Gasteiger partial charge in [-0.15, -0.1) is 0 Å². The van der Waals surface area contributed by atoms with E-state index in [4.69, 9.17) is 0 Å². The largest absolute Gasteiger partial charge is 0.305 e. The molecule has 1 aromatic heterocycles. The minimum atomic E-state index is 0.612. The molecule has 2 rings (SSSR count). The Morgan fingerprint density at radius 1 is 1.41 bits per heavy atom. The zero-order valence-electron chi connectivity index (χ0n) is 10.6. The lowest BCUT2D eigenvalue weighted by molar-refractivity contribution is 0.194. The summed E-state index contributed by atoms with van der Waals surface area (Å²) in [5.74, 6) is 0. The predicted molar refractivity (Wildman–Crippen MR) is 73.9 cm³/mol. The Kier molecular flexibility index (Phi) is 4.54. The van der Waals surface area contributed by atoms with Crippen molar-refractivity contribution in [2.75, 3.05) is 26.7 Å². The Morgan fingerprint density at radius 3 is 3.00 bits per heavy atom. The van der Waals surface area contributed by atoms with E-state index in [0.717, 1.165) is 17.6 Å². The van der Waals surface area contributed by atoms with Crippen molar-refractivity contribution in [3.05, 3.63) is 28.5 Å². The Hall–Kier alpha value is -0.450. The third-order valence-electron chi connectivity index (χ3n) is 3.33. The lowest BCUT2D eigenvalue weighted by atomic mass is 10.2. The summed E-state index contributed by atoms with van der Waals surface area (Å²) in [7, 11) is 2.21. The molecule has 1 atom stereocenters. The second-order valence-electron chi connectivity index (χ2n) is 4.95. The topological polar surface area (TPSA) is 19.4 Å². The van der Waals surface area contributed by atoms with Crippen LogP contribution >= 0.6 is 15.9 Å². The van der Waals surface area contributed by atoms with E-state index in [9.17, 15) is 0 Å². The van der Waals surface area contributed by atoms with E-state index in [0.29, 0.717) is 6.04 Å². The predicted octanol–water partition coefficient (Wildman–Crippen LogP) is 2.37.